The van der Waals surface area contributed by atoms with Crippen LogP contribution in [-0.2, 0) is 10.5 Å². The number of anilines is 1. The number of ether oxygens (including phenoxy) is 1. The Hall–Kier alpha value is -1.22. The Morgan fingerprint density at radius 2 is 2.22 bits per heavy atom. The van der Waals surface area contributed by atoms with E-state index >= 15 is 0 Å². The molecule has 1 aromatic carbocycles. The summed E-state index contributed by atoms with van der Waals surface area (Å²) >= 11 is 5.03. The average Bonchev–Trinajstić information content (AvgIpc) is 3.30. The summed E-state index contributed by atoms with van der Waals surface area (Å²) in [6.07, 6.45) is 2.61. The Labute approximate surface area is 146 Å². The fourth-order valence-corrected chi connectivity index (χ4v) is 5.17. The molecule has 1 saturated heterocycles. The summed E-state index contributed by atoms with van der Waals surface area (Å²) in [6.45, 7) is 1.70. The molecule has 1 fully saturated rings. The van der Waals surface area contributed by atoms with Gasteiger partial charge in [-0.05, 0) is 25.0 Å². The summed E-state index contributed by atoms with van der Waals surface area (Å²) in [5, 5.41) is 13.7. The van der Waals surface area contributed by atoms with Crippen molar-refractivity contribution in [3.8, 4) is 0 Å². The maximum absolute atomic E-state index is 5.60. The van der Waals surface area contributed by atoms with Crippen molar-refractivity contribution in [2.45, 2.75) is 29.0 Å². The molecule has 5 nitrogen and oxygen atoms in total. The van der Waals surface area contributed by atoms with Crippen LogP contribution in [0.5, 0.6) is 0 Å². The standard InChI is InChI=1S/C15H16N4OS3/c1-2-6-12-11(5-1)17-13(22-12)9-21-15-19-18-14(23-15)16-8-10-4-3-7-20-10/h1-2,5-6,10H,3-4,7-9H2,(H,16,18)/t10-/m0/s1. The Bertz CT molecular complexity index is 749. The highest BCUT2D eigenvalue weighted by atomic mass is 32.2. The lowest BCUT2D eigenvalue weighted by Gasteiger charge is -2.08. The van der Waals surface area contributed by atoms with Crippen molar-refractivity contribution in [3.05, 3.63) is 29.3 Å². The van der Waals surface area contributed by atoms with E-state index in [1.807, 2.05) is 12.1 Å². The molecule has 1 N–H and O–H groups in total. The van der Waals surface area contributed by atoms with Gasteiger partial charge in [0.05, 0.1) is 22.1 Å². The van der Waals surface area contributed by atoms with E-state index in [0.29, 0.717) is 6.10 Å². The van der Waals surface area contributed by atoms with E-state index in [9.17, 15) is 0 Å². The van der Waals surface area contributed by atoms with Crippen LogP contribution in [-0.4, -0.2) is 34.4 Å². The second kappa shape index (κ2) is 7.12. The summed E-state index contributed by atoms with van der Waals surface area (Å²) in [5.74, 6) is 0.833. The van der Waals surface area contributed by atoms with Crippen LogP contribution in [0, 0.1) is 0 Å². The Morgan fingerprint density at radius 1 is 1.26 bits per heavy atom. The summed E-state index contributed by atoms with van der Waals surface area (Å²) in [6, 6.07) is 8.24. The average molecular weight is 365 g/mol. The first-order valence-electron chi connectivity index (χ1n) is 7.53. The van der Waals surface area contributed by atoms with Crippen molar-refractivity contribution in [2.75, 3.05) is 18.5 Å². The minimum atomic E-state index is 0.317. The fraction of sp³-hybridized carbons (Fsp3) is 0.400. The quantitative estimate of drug-likeness (QED) is 0.666. The monoisotopic (exact) mass is 364 g/mol. The van der Waals surface area contributed by atoms with Gasteiger partial charge in [-0.2, -0.15) is 0 Å². The molecular formula is C15H16N4OS3. The van der Waals surface area contributed by atoms with E-state index in [2.05, 4.69) is 32.6 Å². The predicted octanol–water partition coefficient (Wildman–Crippen LogP) is 4.03. The molecule has 120 valence electrons. The van der Waals surface area contributed by atoms with Crippen LogP contribution in [0.3, 0.4) is 0 Å². The number of rotatable bonds is 6. The number of hydrogen-bond acceptors (Lipinski definition) is 8. The number of nitrogens with one attached hydrogen (secondary N) is 1. The minimum absolute atomic E-state index is 0.317. The summed E-state index contributed by atoms with van der Waals surface area (Å²) in [5.41, 5.74) is 1.07. The number of fused-ring (bicyclic) bond motifs is 1. The SMILES string of the molecule is c1ccc2sc(CSc3nnc(NC[C@@H]4CCCO4)s3)nc2c1. The number of nitrogens with zero attached hydrogens (tertiary/aromatic N) is 3. The van der Waals surface area contributed by atoms with Crippen molar-refractivity contribution in [1.29, 1.82) is 0 Å². The molecule has 4 rings (SSSR count). The Balaban J connectivity index is 1.32. The second-order valence-electron chi connectivity index (χ2n) is 5.25. The molecular weight excluding hydrogens is 348 g/mol. The molecule has 3 heterocycles. The number of aromatic nitrogens is 3. The highest BCUT2D eigenvalue weighted by Crippen LogP contribution is 2.31. The van der Waals surface area contributed by atoms with Gasteiger partial charge in [0, 0.05) is 13.2 Å². The van der Waals surface area contributed by atoms with Gasteiger partial charge in [0.15, 0.2) is 4.34 Å². The van der Waals surface area contributed by atoms with E-state index in [4.69, 9.17) is 4.74 Å². The van der Waals surface area contributed by atoms with Crippen molar-refractivity contribution < 1.29 is 4.74 Å². The highest BCUT2D eigenvalue weighted by Gasteiger charge is 2.16. The second-order valence-corrected chi connectivity index (χ2v) is 8.57. The van der Waals surface area contributed by atoms with Crippen LogP contribution in [0.15, 0.2) is 28.6 Å². The lowest BCUT2D eigenvalue weighted by Crippen LogP contribution is -2.18. The molecule has 0 saturated carbocycles. The molecule has 0 unspecified atom stereocenters. The summed E-state index contributed by atoms with van der Waals surface area (Å²) in [4.78, 5) is 4.65. The van der Waals surface area contributed by atoms with E-state index < -0.39 is 0 Å². The zero-order valence-corrected chi connectivity index (χ0v) is 14.8. The molecule has 1 aliphatic heterocycles. The van der Waals surface area contributed by atoms with E-state index in [1.165, 1.54) is 4.70 Å². The van der Waals surface area contributed by atoms with Gasteiger partial charge < -0.3 is 10.1 Å². The van der Waals surface area contributed by atoms with Crippen LogP contribution >= 0.6 is 34.4 Å². The molecule has 0 amide bonds. The van der Waals surface area contributed by atoms with Gasteiger partial charge in [-0.15, -0.1) is 21.5 Å². The molecule has 0 radical (unpaired) electrons. The van der Waals surface area contributed by atoms with E-state index in [-0.39, 0.29) is 0 Å². The molecule has 1 atom stereocenters. The van der Waals surface area contributed by atoms with Crippen LogP contribution in [0.4, 0.5) is 5.13 Å². The zero-order valence-electron chi connectivity index (χ0n) is 12.4. The predicted molar refractivity (Wildman–Crippen MR) is 96.6 cm³/mol. The normalized spacial score (nSPS) is 17.8. The number of para-hydroxylation sites is 1. The van der Waals surface area contributed by atoms with Crippen molar-refractivity contribution in [2.24, 2.45) is 0 Å². The van der Waals surface area contributed by atoms with Crippen molar-refractivity contribution >= 4 is 49.8 Å². The molecule has 1 aliphatic rings. The molecule has 0 aliphatic carbocycles. The molecule has 8 heteroatoms. The number of benzene rings is 1. The van der Waals surface area contributed by atoms with Crippen LogP contribution in [0.25, 0.3) is 10.2 Å². The third kappa shape index (κ3) is 3.82. The van der Waals surface area contributed by atoms with Crippen molar-refractivity contribution in [1.82, 2.24) is 15.2 Å². The Morgan fingerprint density at radius 3 is 3.09 bits per heavy atom. The van der Waals surface area contributed by atoms with Gasteiger partial charge in [-0.3, -0.25) is 0 Å². The lowest BCUT2D eigenvalue weighted by molar-refractivity contribution is 0.120. The van der Waals surface area contributed by atoms with E-state index in [0.717, 1.165) is 51.7 Å². The number of thioether (sulfide) groups is 1. The van der Waals surface area contributed by atoms with Crippen LogP contribution < -0.4 is 5.32 Å². The maximum Gasteiger partial charge on any atom is 0.206 e. The first-order chi connectivity index (χ1) is 11.4. The molecule has 23 heavy (non-hydrogen) atoms. The zero-order chi connectivity index (χ0) is 15.5. The Kier molecular flexibility index (Phi) is 4.74. The fourth-order valence-electron chi connectivity index (χ4n) is 2.45. The first-order valence-corrected chi connectivity index (χ1v) is 10.1. The third-order valence-corrected chi connectivity index (χ3v) is 6.81. The number of thiazole rings is 1. The third-order valence-electron chi connectivity index (χ3n) is 3.57. The van der Waals surface area contributed by atoms with E-state index in [1.54, 1.807) is 34.4 Å². The topological polar surface area (TPSA) is 59.9 Å². The van der Waals surface area contributed by atoms with Gasteiger partial charge in [-0.25, -0.2) is 4.98 Å². The first kappa shape index (κ1) is 15.3. The molecule has 2 aromatic heterocycles. The van der Waals surface area contributed by atoms with Crippen LogP contribution in [0.2, 0.25) is 0 Å². The van der Waals surface area contributed by atoms with Gasteiger partial charge in [-0.1, -0.05) is 35.2 Å². The smallest absolute Gasteiger partial charge is 0.206 e. The van der Waals surface area contributed by atoms with Gasteiger partial charge >= 0.3 is 0 Å². The highest BCUT2D eigenvalue weighted by molar-refractivity contribution is 8.00. The molecule has 0 bridgehead atoms. The maximum atomic E-state index is 5.60. The van der Waals surface area contributed by atoms with Gasteiger partial charge in [0.2, 0.25) is 5.13 Å². The largest absolute Gasteiger partial charge is 0.376 e. The minimum Gasteiger partial charge on any atom is -0.376 e. The summed E-state index contributed by atoms with van der Waals surface area (Å²) < 4.78 is 7.80. The molecule has 3 aromatic rings. The summed E-state index contributed by atoms with van der Waals surface area (Å²) in [7, 11) is 0. The lowest BCUT2D eigenvalue weighted by atomic mass is 10.2. The van der Waals surface area contributed by atoms with Crippen molar-refractivity contribution in [3.63, 3.8) is 0 Å². The van der Waals surface area contributed by atoms with Gasteiger partial charge in [0.1, 0.15) is 5.01 Å². The molecule has 0 spiro atoms. The number of hydrogen-bond donors (Lipinski definition) is 1. The van der Waals surface area contributed by atoms with Gasteiger partial charge in [0.25, 0.3) is 0 Å². The van der Waals surface area contributed by atoms with Crippen LogP contribution in [0.1, 0.15) is 17.8 Å².